The molecule has 0 aliphatic carbocycles. The van der Waals surface area contributed by atoms with Crippen molar-refractivity contribution in [2.75, 3.05) is 0 Å². The molecule has 0 atom stereocenters. The van der Waals surface area contributed by atoms with E-state index in [0.29, 0.717) is 11.7 Å². The monoisotopic (exact) mass is 277 g/mol. The Hall–Kier alpha value is -1.46. The Labute approximate surface area is 116 Å². The predicted octanol–water partition coefficient (Wildman–Crippen LogP) is 3.15. The van der Waals surface area contributed by atoms with Crippen LogP contribution in [0.25, 0.3) is 0 Å². The predicted molar refractivity (Wildman–Crippen MR) is 74.7 cm³/mol. The topological polar surface area (TPSA) is 51.8 Å². The zero-order valence-electron chi connectivity index (χ0n) is 11.2. The summed E-state index contributed by atoms with van der Waals surface area (Å²) in [6.45, 7) is 6.22. The van der Waals surface area contributed by atoms with Crippen LogP contribution in [-0.2, 0) is 6.54 Å². The fourth-order valence-corrected chi connectivity index (χ4v) is 2.66. The summed E-state index contributed by atoms with van der Waals surface area (Å²) in [4.78, 5) is 9.78. The normalized spacial score (nSPS) is 10.8. The third kappa shape index (κ3) is 3.11. The van der Waals surface area contributed by atoms with E-state index in [2.05, 4.69) is 9.97 Å². The summed E-state index contributed by atoms with van der Waals surface area (Å²) in [6, 6.07) is 4.60. The van der Waals surface area contributed by atoms with Gasteiger partial charge in [-0.1, -0.05) is 0 Å². The van der Waals surface area contributed by atoms with Gasteiger partial charge in [-0.3, -0.25) is 0 Å². The lowest BCUT2D eigenvalue weighted by Gasteiger charge is -2.09. The summed E-state index contributed by atoms with van der Waals surface area (Å²) in [6.07, 6.45) is 0. The number of benzene rings is 1. The number of aryl methyl sites for hydroxylation is 2. The molecular formula is C14H16FN3S. The van der Waals surface area contributed by atoms with Crippen LogP contribution in [0.1, 0.15) is 22.5 Å². The van der Waals surface area contributed by atoms with Crippen LogP contribution in [0.5, 0.6) is 0 Å². The second kappa shape index (κ2) is 5.67. The Kier molecular flexibility index (Phi) is 4.17. The first-order valence-corrected chi connectivity index (χ1v) is 6.81. The van der Waals surface area contributed by atoms with Gasteiger partial charge in [0, 0.05) is 22.8 Å². The molecule has 0 aliphatic rings. The second-order valence-electron chi connectivity index (χ2n) is 4.36. The number of hydrogen-bond acceptors (Lipinski definition) is 4. The molecule has 100 valence electrons. The van der Waals surface area contributed by atoms with Crippen molar-refractivity contribution in [3.63, 3.8) is 0 Å². The van der Waals surface area contributed by atoms with Crippen LogP contribution < -0.4 is 5.73 Å². The lowest BCUT2D eigenvalue weighted by atomic mass is 10.2. The fraction of sp³-hybridized carbons (Fsp3) is 0.286. The smallest absolute Gasteiger partial charge is 0.192 e. The molecule has 1 aromatic carbocycles. The largest absolute Gasteiger partial charge is 0.326 e. The van der Waals surface area contributed by atoms with Crippen LogP contribution in [-0.4, -0.2) is 9.97 Å². The summed E-state index contributed by atoms with van der Waals surface area (Å²) in [7, 11) is 0. The number of aromatic nitrogens is 2. The Morgan fingerprint density at radius 3 is 2.37 bits per heavy atom. The molecule has 19 heavy (non-hydrogen) atoms. The molecule has 0 aliphatic heterocycles. The molecule has 0 bridgehead atoms. The molecule has 1 aromatic heterocycles. The van der Waals surface area contributed by atoms with E-state index in [1.807, 2.05) is 20.8 Å². The van der Waals surface area contributed by atoms with Crippen molar-refractivity contribution in [2.24, 2.45) is 5.73 Å². The molecule has 2 aromatic rings. The molecule has 2 rings (SSSR count). The van der Waals surface area contributed by atoms with Crippen molar-refractivity contribution in [3.05, 3.63) is 46.5 Å². The van der Waals surface area contributed by atoms with E-state index < -0.39 is 0 Å². The summed E-state index contributed by atoms with van der Waals surface area (Å²) in [5.41, 5.74) is 9.43. The summed E-state index contributed by atoms with van der Waals surface area (Å²) >= 11 is 1.42. The summed E-state index contributed by atoms with van der Waals surface area (Å²) < 4.78 is 13.2. The third-order valence-corrected chi connectivity index (χ3v) is 4.04. The average molecular weight is 277 g/mol. The van der Waals surface area contributed by atoms with E-state index in [9.17, 15) is 4.39 Å². The van der Waals surface area contributed by atoms with Crippen molar-refractivity contribution < 1.29 is 4.39 Å². The van der Waals surface area contributed by atoms with Gasteiger partial charge in [0.05, 0.1) is 0 Å². The average Bonchev–Trinajstić information content (AvgIpc) is 2.38. The highest BCUT2D eigenvalue weighted by Crippen LogP contribution is 2.29. The van der Waals surface area contributed by atoms with E-state index in [0.717, 1.165) is 27.4 Å². The molecule has 1 heterocycles. The van der Waals surface area contributed by atoms with Crippen molar-refractivity contribution in [3.8, 4) is 0 Å². The SMILES string of the molecule is Cc1nc(Sc2ccc(F)cc2CN)nc(C)c1C. The minimum Gasteiger partial charge on any atom is -0.326 e. The first-order chi connectivity index (χ1) is 9.01. The van der Waals surface area contributed by atoms with Gasteiger partial charge in [0.2, 0.25) is 0 Å². The highest BCUT2D eigenvalue weighted by molar-refractivity contribution is 7.99. The van der Waals surface area contributed by atoms with Gasteiger partial charge >= 0.3 is 0 Å². The van der Waals surface area contributed by atoms with Gasteiger partial charge in [-0.15, -0.1) is 0 Å². The number of hydrogen-bond donors (Lipinski definition) is 1. The first kappa shape index (κ1) is 14.0. The van der Waals surface area contributed by atoms with Crippen LogP contribution in [0.15, 0.2) is 28.3 Å². The van der Waals surface area contributed by atoms with Gasteiger partial charge in [-0.05, 0) is 61.9 Å². The molecule has 5 heteroatoms. The van der Waals surface area contributed by atoms with Crippen LogP contribution in [0.2, 0.25) is 0 Å². The quantitative estimate of drug-likeness (QED) is 0.876. The van der Waals surface area contributed by atoms with Crippen molar-refractivity contribution in [1.82, 2.24) is 9.97 Å². The van der Waals surface area contributed by atoms with Crippen molar-refractivity contribution in [1.29, 1.82) is 0 Å². The zero-order valence-corrected chi connectivity index (χ0v) is 12.0. The number of halogens is 1. The van der Waals surface area contributed by atoms with E-state index in [1.165, 1.54) is 23.9 Å². The Morgan fingerprint density at radius 2 is 1.79 bits per heavy atom. The number of rotatable bonds is 3. The molecule has 0 saturated carbocycles. The minimum atomic E-state index is -0.276. The molecule has 0 fully saturated rings. The molecule has 0 radical (unpaired) electrons. The molecule has 3 nitrogen and oxygen atoms in total. The third-order valence-electron chi connectivity index (χ3n) is 3.06. The molecule has 0 amide bonds. The first-order valence-electron chi connectivity index (χ1n) is 5.99. The van der Waals surface area contributed by atoms with Gasteiger partial charge < -0.3 is 5.73 Å². The maximum atomic E-state index is 13.2. The summed E-state index contributed by atoms with van der Waals surface area (Å²) in [5, 5.41) is 0.668. The highest BCUT2D eigenvalue weighted by atomic mass is 32.2. The fourth-order valence-electron chi connectivity index (χ4n) is 1.69. The maximum absolute atomic E-state index is 13.2. The Morgan fingerprint density at radius 1 is 1.16 bits per heavy atom. The molecule has 0 spiro atoms. The van der Waals surface area contributed by atoms with E-state index in [1.54, 1.807) is 6.07 Å². The van der Waals surface area contributed by atoms with Gasteiger partial charge in [0.1, 0.15) is 5.82 Å². The van der Waals surface area contributed by atoms with E-state index >= 15 is 0 Å². The van der Waals surface area contributed by atoms with Crippen molar-refractivity contribution in [2.45, 2.75) is 37.4 Å². The van der Waals surface area contributed by atoms with Gasteiger partial charge in [0.15, 0.2) is 5.16 Å². The van der Waals surface area contributed by atoms with Gasteiger partial charge in [-0.25, -0.2) is 14.4 Å². The number of nitrogens with two attached hydrogens (primary N) is 1. The Balaban J connectivity index is 2.36. The molecular weight excluding hydrogens is 261 g/mol. The second-order valence-corrected chi connectivity index (χ2v) is 5.37. The highest BCUT2D eigenvalue weighted by Gasteiger charge is 2.09. The summed E-state index contributed by atoms with van der Waals surface area (Å²) in [5.74, 6) is -0.276. The number of nitrogens with zero attached hydrogens (tertiary/aromatic N) is 2. The standard InChI is InChI=1S/C14H16FN3S/c1-8-9(2)17-14(18-10(8)3)19-13-5-4-12(15)6-11(13)7-16/h4-6H,7,16H2,1-3H3. The van der Waals surface area contributed by atoms with Crippen LogP contribution in [0, 0.1) is 26.6 Å². The zero-order chi connectivity index (χ0) is 14.0. The lowest BCUT2D eigenvalue weighted by Crippen LogP contribution is -2.01. The Bertz CT molecular complexity index is 591. The molecule has 0 unspecified atom stereocenters. The lowest BCUT2D eigenvalue weighted by molar-refractivity contribution is 0.623. The van der Waals surface area contributed by atoms with Crippen LogP contribution in [0.3, 0.4) is 0 Å². The van der Waals surface area contributed by atoms with Crippen LogP contribution >= 0.6 is 11.8 Å². The van der Waals surface area contributed by atoms with E-state index in [4.69, 9.17) is 5.73 Å². The molecule has 2 N–H and O–H groups in total. The maximum Gasteiger partial charge on any atom is 0.192 e. The van der Waals surface area contributed by atoms with Crippen LogP contribution in [0.4, 0.5) is 4.39 Å². The van der Waals surface area contributed by atoms with Crippen molar-refractivity contribution >= 4 is 11.8 Å². The molecule has 0 saturated heterocycles. The van der Waals surface area contributed by atoms with Gasteiger partial charge in [-0.2, -0.15) is 0 Å². The van der Waals surface area contributed by atoms with E-state index in [-0.39, 0.29) is 5.82 Å². The minimum absolute atomic E-state index is 0.276. The van der Waals surface area contributed by atoms with Gasteiger partial charge in [0.25, 0.3) is 0 Å².